The molecule has 1 aliphatic rings. The normalized spacial score (nSPS) is 15.2. The van der Waals surface area contributed by atoms with Crippen molar-refractivity contribution in [3.63, 3.8) is 0 Å². The van der Waals surface area contributed by atoms with Crippen molar-refractivity contribution in [2.75, 3.05) is 20.3 Å². The van der Waals surface area contributed by atoms with Crippen LogP contribution in [0.4, 0.5) is 0 Å². The summed E-state index contributed by atoms with van der Waals surface area (Å²) in [4.78, 5) is 12.5. The molecule has 0 bridgehead atoms. The summed E-state index contributed by atoms with van der Waals surface area (Å²) in [7, 11) is 1.61. The van der Waals surface area contributed by atoms with Gasteiger partial charge >= 0.3 is 0 Å². The predicted molar refractivity (Wildman–Crippen MR) is 97.6 cm³/mol. The Labute approximate surface area is 151 Å². The second-order valence-corrected chi connectivity index (χ2v) is 6.12. The third kappa shape index (κ3) is 3.01. The summed E-state index contributed by atoms with van der Waals surface area (Å²) < 4.78 is 11.0. The molecule has 0 radical (unpaired) electrons. The van der Waals surface area contributed by atoms with Gasteiger partial charge in [-0.2, -0.15) is 5.10 Å². The van der Waals surface area contributed by atoms with Crippen molar-refractivity contribution >= 4 is 5.91 Å². The van der Waals surface area contributed by atoms with Gasteiger partial charge in [-0.1, -0.05) is 30.3 Å². The first-order valence-electron chi connectivity index (χ1n) is 8.45. The second kappa shape index (κ2) is 6.92. The predicted octanol–water partition coefficient (Wildman–Crippen LogP) is 2.99. The van der Waals surface area contributed by atoms with Gasteiger partial charge in [0.25, 0.3) is 5.91 Å². The van der Waals surface area contributed by atoms with Crippen molar-refractivity contribution in [2.45, 2.75) is 5.92 Å². The van der Waals surface area contributed by atoms with Crippen molar-refractivity contribution in [1.29, 1.82) is 0 Å². The highest BCUT2D eigenvalue weighted by molar-refractivity contribution is 5.93. The van der Waals surface area contributed by atoms with Crippen LogP contribution in [0.15, 0.2) is 54.6 Å². The Kier molecular flexibility index (Phi) is 4.31. The van der Waals surface area contributed by atoms with Crippen LogP contribution in [0.3, 0.4) is 0 Å². The van der Waals surface area contributed by atoms with Gasteiger partial charge < -0.3 is 14.8 Å². The van der Waals surface area contributed by atoms with Gasteiger partial charge in [0.05, 0.1) is 19.4 Å². The molecule has 3 aromatic rings. The first-order chi connectivity index (χ1) is 12.8. The molecule has 1 amide bonds. The van der Waals surface area contributed by atoms with Gasteiger partial charge in [-0.05, 0) is 24.3 Å². The Morgan fingerprint density at radius 2 is 2.08 bits per heavy atom. The quantitative estimate of drug-likeness (QED) is 0.742. The van der Waals surface area contributed by atoms with E-state index in [2.05, 4.69) is 15.5 Å². The molecule has 1 atom stereocenters. The number of aromatic amines is 1. The molecule has 4 rings (SSSR count). The number of aromatic nitrogens is 2. The maximum absolute atomic E-state index is 12.5. The number of nitrogens with zero attached hydrogens (tertiary/aromatic N) is 1. The Bertz CT molecular complexity index is 935. The minimum Gasteiger partial charge on any atom is -0.496 e. The number of amides is 1. The average molecular weight is 349 g/mol. The molecular weight excluding hydrogens is 330 g/mol. The maximum atomic E-state index is 12.5. The van der Waals surface area contributed by atoms with Gasteiger partial charge in [-0.15, -0.1) is 0 Å². The number of H-pyrrole nitrogens is 1. The lowest BCUT2D eigenvalue weighted by Gasteiger charge is -2.09. The van der Waals surface area contributed by atoms with E-state index in [1.54, 1.807) is 13.2 Å². The van der Waals surface area contributed by atoms with Gasteiger partial charge in [-0.3, -0.25) is 9.89 Å². The van der Waals surface area contributed by atoms with E-state index in [-0.39, 0.29) is 11.8 Å². The van der Waals surface area contributed by atoms with E-state index in [4.69, 9.17) is 9.47 Å². The molecule has 1 aromatic heterocycles. The van der Waals surface area contributed by atoms with Gasteiger partial charge in [0.15, 0.2) is 0 Å². The highest BCUT2D eigenvalue weighted by Gasteiger charge is 2.24. The summed E-state index contributed by atoms with van der Waals surface area (Å²) in [6.07, 6.45) is 0. The van der Waals surface area contributed by atoms with Crippen LogP contribution in [0.1, 0.15) is 22.0 Å². The number of ether oxygens (including phenoxy) is 2. The molecule has 0 aliphatic carbocycles. The standard InChI is InChI=1S/C20H19N3O3/c1-25-18-8-4-3-7-15(18)16-10-17(23-22-16)20(24)21-11-13-12-26-19-9-5-2-6-14(13)19/h2-10,13H,11-12H2,1H3,(H,21,24)(H,22,23)/t13-/m1/s1. The third-order valence-corrected chi connectivity index (χ3v) is 4.51. The summed E-state index contributed by atoms with van der Waals surface area (Å²) >= 11 is 0. The number of rotatable bonds is 5. The number of hydrogen-bond donors (Lipinski definition) is 2. The summed E-state index contributed by atoms with van der Waals surface area (Å²) in [6, 6.07) is 17.2. The molecule has 0 saturated heterocycles. The average Bonchev–Trinajstić information content (AvgIpc) is 3.33. The maximum Gasteiger partial charge on any atom is 0.269 e. The highest BCUT2D eigenvalue weighted by atomic mass is 16.5. The SMILES string of the molecule is COc1ccccc1-c1cc(C(=O)NC[C@@H]2COc3ccccc32)[nH]n1. The molecule has 0 unspecified atom stereocenters. The largest absolute Gasteiger partial charge is 0.496 e. The molecule has 0 saturated carbocycles. The lowest BCUT2D eigenvalue weighted by atomic mass is 10.0. The van der Waals surface area contributed by atoms with E-state index >= 15 is 0 Å². The number of nitrogens with one attached hydrogen (secondary N) is 2. The zero-order valence-electron chi connectivity index (χ0n) is 14.4. The van der Waals surface area contributed by atoms with E-state index in [0.717, 1.165) is 16.9 Å². The van der Waals surface area contributed by atoms with Crippen LogP contribution in [-0.2, 0) is 0 Å². The summed E-state index contributed by atoms with van der Waals surface area (Å²) in [6.45, 7) is 1.09. The fraction of sp³-hybridized carbons (Fsp3) is 0.200. The molecule has 6 nitrogen and oxygen atoms in total. The number of para-hydroxylation sites is 2. The Hall–Kier alpha value is -3.28. The lowest BCUT2D eigenvalue weighted by Crippen LogP contribution is -2.29. The Balaban J connectivity index is 1.44. The smallest absolute Gasteiger partial charge is 0.269 e. The van der Waals surface area contributed by atoms with E-state index in [9.17, 15) is 4.79 Å². The number of hydrogen-bond acceptors (Lipinski definition) is 4. The molecule has 1 aliphatic heterocycles. The molecule has 2 N–H and O–H groups in total. The number of methoxy groups -OCH3 is 1. The van der Waals surface area contributed by atoms with Crippen LogP contribution < -0.4 is 14.8 Å². The fourth-order valence-corrected chi connectivity index (χ4v) is 3.14. The first-order valence-corrected chi connectivity index (χ1v) is 8.45. The van der Waals surface area contributed by atoms with Crippen LogP contribution in [-0.4, -0.2) is 36.4 Å². The lowest BCUT2D eigenvalue weighted by molar-refractivity contribution is 0.0945. The Morgan fingerprint density at radius 1 is 1.27 bits per heavy atom. The number of carbonyl (C=O) groups excluding carboxylic acids is 1. The topological polar surface area (TPSA) is 76.2 Å². The van der Waals surface area contributed by atoms with Gasteiger partial charge in [0.2, 0.25) is 0 Å². The van der Waals surface area contributed by atoms with Crippen LogP contribution in [0.2, 0.25) is 0 Å². The highest BCUT2D eigenvalue weighted by Crippen LogP contribution is 2.33. The zero-order valence-corrected chi connectivity index (χ0v) is 14.4. The van der Waals surface area contributed by atoms with Crippen LogP contribution in [0.25, 0.3) is 11.3 Å². The minimum atomic E-state index is -0.192. The first kappa shape index (κ1) is 16.2. The number of carbonyl (C=O) groups is 1. The monoisotopic (exact) mass is 349 g/mol. The molecule has 2 heterocycles. The van der Waals surface area contributed by atoms with E-state index in [0.29, 0.717) is 30.3 Å². The molecule has 132 valence electrons. The van der Waals surface area contributed by atoms with Crippen LogP contribution in [0, 0.1) is 0 Å². The van der Waals surface area contributed by atoms with Crippen molar-refractivity contribution < 1.29 is 14.3 Å². The van der Waals surface area contributed by atoms with Gasteiger partial charge in [0.1, 0.15) is 17.2 Å². The third-order valence-electron chi connectivity index (χ3n) is 4.51. The minimum absolute atomic E-state index is 0.159. The Morgan fingerprint density at radius 3 is 2.96 bits per heavy atom. The van der Waals surface area contributed by atoms with Crippen molar-refractivity contribution in [2.24, 2.45) is 0 Å². The number of fused-ring (bicyclic) bond motifs is 1. The van der Waals surface area contributed by atoms with Gasteiger partial charge in [-0.25, -0.2) is 0 Å². The van der Waals surface area contributed by atoms with Crippen molar-refractivity contribution in [3.05, 3.63) is 65.9 Å². The molecular formula is C20H19N3O3. The molecule has 2 aromatic carbocycles. The summed E-state index contributed by atoms with van der Waals surface area (Å²) in [5.41, 5.74) is 3.05. The zero-order chi connectivity index (χ0) is 17.9. The second-order valence-electron chi connectivity index (χ2n) is 6.12. The van der Waals surface area contributed by atoms with Crippen LogP contribution in [0.5, 0.6) is 11.5 Å². The molecule has 0 fully saturated rings. The van der Waals surface area contributed by atoms with E-state index in [1.165, 1.54) is 0 Å². The number of benzene rings is 2. The summed E-state index contributed by atoms with van der Waals surface area (Å²) in [5.74, 6) is 1.58. The van der Waals surface area contributed by atoms with E-state index in [1.807, 2.05) is 48.5 Å². The fourth-order valence-electron chi connectivity index (χ4n) is 3.14. The van der Waals surface area contributed by atoms with Gasteiger partial charge in [0, 0.05) is 23.6 Å². The molecule has 6 heteroatoms. The van der Waals surface area contributed by atoms with E-state index < -0.39 is 0 Å². The molecule has 26 heavy (non-hydrogen) atoms. The molecule has 0 spiro atoms. The van der Waals surface area contributed by atoms with Crippen LogP contribution >= 0.6 is 0 Å². The van der Waals surface area contributed by atoms with Crippen molar-refractivity contribution in [1.82, 2.24) is 15.5 Å². The summed E-state index contributed by atoms with van der Waals surface area (Å²) in [5, 5.41) is 10.00. The van der Waals surface area contributed by atoms with Crippen molar-refractivity contribution in [3.8, 4) is 22.8 Å².